The van der Waals surface area contributed by atoms with Crippen LogP contribution < -0.4 is 10.1 Å². The first-order valence-corrected chi connectivity index (χ1v) is 9.82. The predicted octanol–water partition coefficient (Wildman–Crippen LogP) is 4.41. The van der Waals surface area contributed by atoms with Gasteiger partial charge in [-0.3, -0.25) is 9.59 Å². The quantitative estimate of drug-likeness (QED) is 0.456. The minimum Gasteiger partial charge on any atom is -0.493 e. The normalized spacial score (nSPS) is 19.6. The molecule has 1 aliphatic heterocycles. The number of carbonyl (C=O) groups is 2. The molecule has 27 heavy (non-hydrogen) atoms. The summed E-state index contributed by atoms with van der Waals surface area (Å²) in [5.74, 6) is 0.339. The first-order chi connectivity index (χ1) is 12.9. The summed E-state index contributed by atoms with van der Waals surface area (Å²) in [5, 5.41) is 12.2. The SMILES string of the molecule is CC(C)c1cc(Cl)cc(OC[C@H]2CNC(=O)[C@@H]2C/C=C\CCCC(=O)O)c1. The fourth-order valence-corrected chi connectivity index (χ4v) is 3.36. The monoisotopic (exact) mass is 393 g/mol. The number of halogens is 1. The summed E-state index contributed by atoms with van der Waals surface area (Å²) in [6.07, 6.45) is 6.06. The van der Waals surface area contributed by atoms with Crippen LogP contribution in [0.25, 0.3) is 0 Å². The van der Waals surface area contributed by atoms with E-state index < -0.39 is 5.97 Å². The van der Waals surface area contributed by atoms with Gasteiger partial charge in [0.05, 0.1) is 6.61 Å². The Hall–Kier alpha value is -2.01. The van der Waals surface area contributed by atoms with Crippen LogP contribution in [0.5, 0.6) is 5.75 Å². The molecule has 0 saturated carbocycles. The number of carboxylic acid groups (broad SMARTS) is 1. The Morgan fingerprint density at radius 3 is 2.85 bits per heavy atom. The van der Waals surface area contributed by atoms with E-state index in [-0.39, 0.29) is 24.2 Å². The maximum Gasteiger partial charge on any atom is 0.303 e. The molecule has 1 heterocycles. The maximum absolute atomic E-state index is 12.1. The van der Waals surface area contributed by atoms with Gasteiger partial charge in [0.25, 0.3) is 0 Å². The Bertz CT molecular complexity index is 687. The first kappa shape index (κ1) is 21.3. The van der Waals surface area contributed by atoms with Crippen LogP contribution >= 0.6 is 11.6 Å². The van der Waals surface area contributed by atoms with E-state index in [9.17, 15) is 9.59 Å². The molecule has 6 heteroatoms. The third kappa shape index (κ3) is 6.90. The summed E-state index contributed by atoms with van der Waals surface area (Å²) in [5.41, 5.74) is 1.12. The standard InChI is InChI=1S/C21H28ClNO4/c1-14(2)15-9-17(22)11-18(10-15)27-13-16-12-23-21(26)19(16)7-5-3-4-6-8-20(24)25/h3,5,9-11,14,16,19H,4,6-8,12-13H2,1-2H3,(H,23,26)(H,24,25)/b5-3-/t16-,19-/m1/s1. The van der Waals surface area contributed by atoms with Crippen LogP contribution in [0.3, 0.4) is 0 Å². The molecule has 1 aromatic rings. The van der Waals surface area contributed by atoms with Gasteiger partial charge < -0.3 is 15.2 Å². The molecular weight excluding hydrogens is 366 g/mol. The van der Waals surface area contributed by atoms with E-state index in [2.05, 4.69) is 19.2 Å². The molecule has 2 atom stereocenters. The van der Waals surface area contributed by atoms with Gasteiger partial charge in [0, 0.05) is 29.8 Å². The number of carboxylic acids is 1. The van der Waals surface area contributed by atoms with Crippen molar-refractivity contribution in [2.75, 3.05) is 13.2 Å². The summed E-state index contributed by atoms with van der Waals surface area (Å²) in [4.78, 5) is 22.6. The number of carbonyl (C=O) groups excluding carboxylic acids is 1. The molecule has 0 aromatic heterocycles. The maximum atomic E-state index is 12.1. The highest BCUT2D eigenvalue weighted by atomic mass is 35.5. The minimum absolute atomic E-state index is 0.0488. The van der Waals surface area contributed by atoms with Crippen molar-refractivity contribution in [2.24, 2.45) is 11.8 Å². The van der Waals surface area contributed by atoms with Gasteiger partial charge >= 0.3 is 5.97 Å². The van der Waals surface area contributed by atoms with Crippen molar-refractivity contribution < 1.29 is 19.4 Å². The zero-order valence-corrected chi connectivity index (χ0v) is 16.7. The van der Waals surface area contributed by atoms with Gasteiger partial charge in [-0.05, 0) is 48.9 Å². The number of rotatable bonds is 10. The molecule has 0 spiro atoms. The second kappa shape index (κ2) is 10.4. The number of unbranched alkanes of at least 4 members (excludes halogenated alkanes) is 1. The van der Waals surface area contributed by atoms with Gasteiger partial charge in [0.2, 0.25) is 5.91 Å². The van der Waals surface area contributed by atoms with Crippen LogP contribution in [-0.2, 0) is 9.59 Å². The molecule has 0 radical (unpaired) electrons. The van der Waals surface area contributed by atoms with Crippen LogP contribution in [-0.4, -0.2) is 30.1 Å². The summed E-state index contributed by atoms with van der Waals surface area (Å²) in [7, 11) is 0. The lowest BCUT2D eigenvalue weighted by atomic mass is 9.92. The van der Waals surface area contributed by atoms with Crippen LogP contribution in [0.1, 0.15) is 51.0 Å². The lowest BCUT2D eigenvalue weighted by Gasteiger charge is -2.17. The van der Waals surface area contributed by atoms with Crippen molar-refractivity contribution in [1.82, 2.24) is 5.32 Å². The highest BCUT2D eigenvalue weighted by Crippen LogP contribution is 2.28. The van der Waals surface area contributed by atoms with E-state index in [0.717, 1.165) is 11.3 Å². The topological polar surface area (TPSA) is 75.6 Å². The van der Waals surface area contributed by atoms with Crippen LogP contribution in [0, 0.1) is 11.8 Å². The van der Waals surface area contributed by atoms with Crippen molar-refractivity contribution in [2.45, 2.75) is 45.4 Å². The highest BCUT2D eigenvalue weighted by molar-refractivity contribution is 6.30. The smallest absolute Gasteiger partial charge is 0.303 e. The Morgan fingerprint density at radius 2 is 2.15 bits per heavy atom. The second-order valence-corrected chi connectivity index (χ2v) is 7.73. The van der Waals surface area contributed by atoms with Crippen molar-refractivity contribution >= 4 is 23.5 Å². The Morgan fingerprint density at radius 1 is 1.37 bits per heavy atom. The predicted molar refractivity (Wildman–Crippen MR) is 106 cm³/mol. The molecule has 2 rings (SSSR count). The first-order valence-electron chi connectivity index (χ1n) is 9.44. The number of benzene rings is 1. The Labute approximate surface area is 165 Å². The van der Waals surface area contributed by atoms with Crippen LogP contribution in [0.15, 0.2) is 30.4 Å². The zero-order valence-electron chi connectivity index (χ0n) is 15.9. The zero-order chi connectivity index (χ0) is 19.8. The number of hydrogen-bond donors (Lipinski definition) is 2. The molecule has 0 unspecified atom stereocenters. The summed E-state index contributed by atoms with van der Waals surface area (Å²) in [6.45, 7) is 5.27. The van der Waals surface area contributed by atoms with Gasteiger partial charge in [0.15, 0.2) is 0 Å². The third-order valence-electron chi connectivity index (χ3n) is 4.79. The molecule has 0 bridgehead atoms. The number of aliphatic carboxylic acids is 1. The largest absolute Gasteiger partial charge is 0.493 e. The molecule has 5 nitrogen and oxygen atoms in total. The number of ether oxygens (including phenoxy) is 1. The van der Waals surface area contributed by atoms with E-state index >= 15 is 0 Å². The van der Waals surface area contributed by atoms with E-state index in [4.69, 9.17) is 21.4 Å². The average Bonchev–Trinajstić information content (AvgIpc) is 2.95. The molecule has 148 valence electrons. The molecule has 1 saturated heterocycles. The van der Waals surface area contributed by atoms with E-state index in [1.54, 1.807) is 6.07 Å². The van der Waals surface area contributed by atoms with Gasteiger partial charge in [0.1, 0.15) is 5.75 Å². The third-order valence-corrected chi connectivity index (χ3v) is 5.00. The summed E-state index contributed by atoms with van der Waals surface area (Å²) >= 11 is 6.18. The Kier molecular flexibility index (Phi) is 8.17. The molecular formula is C21H28ClNO4. The van der Waals surface area contributed by atoms with Gasteiger partial charge in [-0.1, -0.05) is 37.6 Å². The highest BCUT2D eigenvalue weighted by Gasteiger charge is 2.34. The minimum atomic E-state index is -0.780. The van der Waals surface area contributed by atoms with Crippen LogP contribution in [0.2, 0.25) is 5.02 Å². The average molecular weight is 394 g/mol. The van der Waals surface area contributed by atoms with Gasteiger partial charge in [-0.15, -0.1) is 0 Å². The molecule has 1 aromatic carbocycles. The van der Waals surface area contributed by atoms with Crippen molar-refractivity contribution in [1.29, 1.82) is 0 Å². The number of allylic oxidation sites excluding steroid dienone is 2. The number of amides is 1. The molecule has 1 aliphatic rings. The van der Waals surface area contributed by atoms with Gasteiger partial charge in [-0.25, -0.2) is 0 Å². The second-order valence-electron chi connectivity index (χ2n) is 7.29. The summed E-state index contributed by atoms with van der Waals surface area (Å²) in [6, 6.07) is 5.74. The number of nitrogens with one attached hydrogen (secondary N) is 1. The van der Waals surface area contributed by atoms with Crippen molar-refractivity contribution in [3.8, 4) is 5.75 Å². The molecule has 1 amide bonds. The molecule has 2 N–H and O–H groups in total. The fourth-order valence-electron chi connectivity index (χ4n) is 3.13. The van der Waals surface area contributed by atoms with Crippen molar-refractivity contribution in [3.05, 3.63) is 40.9 Å². The lowest BCUT2D eigenvalue weighted by molar-refractivity contribution is -0.137. The molecule has 0 aliphatic carbocycles. The van der Waals surface area contributed by atoms with E-state index in [0.29, 0.717) is 43.4 Å². The van der Waals surface area contributed by atoms with E-state index in [1.165, 1.54) is 0 Å². The Balaban J connectivity index is 1.87. The molecule has 1 fully saturated rings. The van der Waals surface area contributed by atoms with Crippen molar-refractivity contribution in [3.63, 3.8) is 0 Å². The lowest BCUT2D eigenvalue weighted by Crippen LogP contribution is -2.22. The van der Waals surface area contributed by atoms with Crippen LogP contribution in [0.4, 0.5) is 0 Å². The summed E-state index contributed by atoms with van der Waals surface area (Å²) < 4.78 is 5.95. The van der Waals surface area contributed by atoms with Gasteiger partial charge in [-0.2, -0.15) is 0 Å². The number of hydrogen-bond acceptors (Lipinski definition) is 3. The fraction of sp³-hybridized carbons (Fsp3) is 0.524. The van der Waals surface area contributed by atoms with E-state index in [1.807, 2.05) is 24.3 Å².